The summed E-state index contributed by atoms with van der Waals surface area (Å²) in [5.41, 5.74) is 0.812. The van der Waals surface area contributed by atoms with E-state index in [0.29, 0.717) is 27.6 Å². The van der Waals surface area contributed by atoms with Crippen LogP contribution < -0.4 is 0 Å². The number of ether oxygens (including phenoxy) is 2. The van der Waals surface area contributed by atoms with Crippen LogP contribution in [-0.2, 0) is 19.1 Å². The maximum absolute atomic E-state index is 12.2. The summed E-state index contributed by atoms with van der Waals surface area (Å²) >= 11 is 11.6. The first kappa shape index (κ1) is 26.6. The minimum Gasteiger partial charge on any atom is -0.457 e. The van der Waals surface area contributed by atoms with Crippen LogP contribution in [-0.4, -0.2) is 36.7 Å². The molecule has 0 aliphatic carbocycles. The topological polar surface area (TPSA) is 86.7 Å². The number of hydrogen-bond donors (Lipinski definition) is 0. The molecule has 1 atom stereocenters. The first-order valence-corrected chi connectivity index (χ1v) is 11.3. The lowest BCUT2D eigenvalue weighted by molar-refractivity contribution is -0.146. The molecule has 0 bridgehead atoms. The SMILES string of the molecule is CC(C)[C@@H](CCC(=O)OCC(=O)c1ccc(Cl)cc1)CC(=O)OCC(=O)c1ccc(Cl)cc1. The molecule has 0 saturated heterocycles. The predicted octanol–water partition coefficient (Wildman–Crippen LogP) is 5.59. The third-order valence-corrected chi connectivity index (χ3v) is 5.66. The van der Waals surface area contributed by atoms with E-state index in [2.05, 4.69) is 0 Å². The van der Waals surface area contributed by atoms with Gasteiger partial charge >= 0.3 is 11.9 Å². The molecule has 0 saturated carbocycles. The molecule has 0 aromatic heterocycles. The summed E-state index contributed by atoms with van der Waals surface area (Å²) in [7, 11) is 0. The summed E-state index contributed by atoms with van der Waals surface area (Å²) < 4.78 is 10.2. The van der Waals surface area contributed by atoms with Gasteiger partial charge in [-0.3, -0.25) is 19.2 Å². The van der Waals surface area contributed by atoms with E-state index >= 15 is 0 Å². The van der Waals surface area contributed by atoms with E-state index in [9.17, 15) is 19.2 Å². The number of rotatable bonds is 12. The Labute approximate surface area is 203 Å². The number of carbonyl (C=O) groups excluding carboxylic acids is 4. The average molecular weight is 493 g/mol. The maximum atomic E-state index is 12.2. The third-order valence-electron chi connectivity index (χ3n) is 5.15. The number of ketones is 2. The van der Waals surface area contributed by atoms with Crippen molar-refractivity contribution in [1.82, 2.24) is 0 Å². The number of benzene rings is 2. The normalized spacial score (nSPS) is 11.7. The molecule has 0 aliphatic heterocycles. The Morgan fingerprint density at radius 1 is 0.727 bits per heavy atom. The molecule has 0 spiro atoms. The highest BCUT2D eigenvalue weighted by molar-refractivity contribution is 6.31. The monoisotopic (exact) mass is 492 g/mol. The maximum Gasteiger partial charge on any atom is 0.306 e. The molecule has 2 aromatic carbocycles. The molecule has 33 heavy (non-hydrogen) atoms. The summed E-state index contributed by atoms with van der Waals surface area (Å²) in [6.07, 6.45) is 0.530. The van der Waals surface area contributed by atoms with Crippen LogP contribution in [0.4, 0.5) is 0 Å². The van der Waals surface area contributed by atoms with Crippen molar-refractivity contribution in [2.24, 2.45) is 11.8 Å². The summed E-state index contributed by atoms with van der Waals surface area (Å²) in [6.45, 7) is 3.15. The molecule has 2 rings (SSSR count). The second-order valence-electron chi connectivity index (χ2n) is 7.93. The van der Waals surface area contributed by atoms with Gasteiger partial charge in [0.2, 0.25) is 0 Å². The highest BCUT2D eigenvalue weighted by Crippen LogP contribution is 2.22. The Hall–Kier alpha value is -2.70. The van der Waals surface area contributed by atoms with Crippen molar-refractivity contribution < 1.29 is 28.7 Å². The summed E-state index contributed by atoms with van der Waals surface area (Å²) in [5, 5.41) is 1.02. The fourth-order valence-electron chi connectivity index (χ4n) is 3.05. The lowest BCUT2D eigenvalue weighted by atomic mass is 9.88. The number of hydrogen-bond acceptors (Lipinski definition) is 6. The zero-order valence-corrected chi connectivity index (χ0v) is 20.0. The van der Waals surface area contributed by atoms with E-state index in [1.807, 2.05) is 13.8 Å². The van der Waals surface area contributed by atoms with Crippen molar-refractivity contribution >= 4 is 46.7 Å². The number of Topliss-reactive ketones (excluding diaryl/α,β-unsaturated/α-hetero) is 2. The quantitative estimate of drug-likeness (QED) is 0.283. The largest absolute Gasteiger partial charge is 0.457 e. The van der Waals surface area contributed by atoms with Gasteiger partial charge in [0, 0.05) is 34.0 Å². The van der Waals surface area contributed by atoms with Gasteiger partial charge in [-0.2, -0.15) is 0 Å². The van der Waals surface area contributed by atoms with Gasteiger partial charge in [0.15, 0.2) is 24.8 Å². The first-order chi connectivity index (χ1) is 15.7. The van der Waals surface area contributed by atoms with E-state index in [4.69, 9.17) is 32.7 Å². The van der Waals surface area contributed by atoms with Crippen LogP contribution in [0.3, 0.4) is 0 Å². The van der Waals surface area contributed by atoms with Gasteiger partial charge in [0.25, 0.3) is 0 Å². The number of carbonyl (C=O) groups is 4. The van der Waals surface area contributed by atoms with E-state index in [1.165, 1.54) is 0 Å². The Kier molecular flexibility index (Phi) is 10.6. The smallest absolute Gasteiger partial charge is 0.306 e. The fraction of sp³-hybridized carbons (Fsp3) is 0.360. The molecule has 0 heterocycles. The van der Waals surface area contributed by atoms with Gasteiger partial charge in [-0.15, -0.1) is 0 Å². The van der Waals surface area contributed by atoms with Crippen molar-refractivity contribution in [3.8, 4) is 0 Å². The van der Waals surface area contributed by atoms with Crippen LogP contribution in [0, 0.1) is 11.8 Å². The van der Waals surface area contributed by atoms with Gasteiger partial charge < -0.3 is 9.47 Å². The standard InChI is InChI=1S/C25H26Cl2O6/c1-16(2)19(13-25(31)33-15-23(29)18-5-10-21(27)11-6-18)7-12-24(30)32-14-22(28)17-3-8-20(26)9-4-17/h3-6,8-11,16,19H,7,12-15H2,1-2H3/t19-/m0/s1. The minimum absolute atomic E-state index is 0.0632. The van der Waals surface area contributed by atoms with Crippen molar-refractivity contribution in [3.05, 3.63) is 69.7 Å². The Balaban J connectivity index is 1.75. The van der Waals surface area contributed by atoms with E-state index in [1.54, 1.807) is 48.5 Å². The molecule has 6 nitrogen and oxygen atoms in total. The average Bonchev–Trinajstić information content (AvgIpc) is 2.79. The van der Waals surface area contributed by atoms with Gasteiger partial charge in [-0.1, -0.05) is 37.0 Å². The van der Waals surface area contributed by atoms with Gasteiger partial charge in [0.1, 0.15) is 0 Å². The first-order valence-electron chi connectivity index (χ1n) is 10.5. The Morgan fingerprint density at radius 2 is 1.15 bits per heavy atom. The van der Waals surface area contributed by atoms with Crippen molar-refractivity contribution in [2.45, 2.75) is 33.1 Å². The molecule has 0 aliphatic rings. The van der Waals surface area contributed by atoms with Crippen LogP contribution >= 0.6 is 23.2 Å². The zero-order chi connectivity index (χ0) is 24.4. The molecule has 0 N–H and O–H groups in total. The molecule has 0 amide bonds. The lowest BCUT2D eigenvalue weighted by Crippen LogP contribution is -2.21. The number of halogens is 2. The Morgan fingerprint density at radius 3 is 1.58 bits per heavy atom. The van der Waals surface area contributed by atoms with Crippen LogP contribution in [0.2, 0.25) is 10.0 Å². The van der Waals surface area contributed by atoms with Crippen LogP contribution in [0.25, 0.3) is 0 Å². The summed E-state index contributed by atoms with van der Waals surface area (Å²) in [5.74, 6) is -1.71. The van der Waals surface area contributed by atoms with Gasteiger partial charge in [0.05, 0.1) is 0 Å². The highest BCUT2D eigenvalue weighted by Gasteiger charge is 2.21. The van der Waals surface area contributed by atoms with E-state index < -0.39 is 11.9 Å². The van der Waals surface area contributed by atoms with Crippen molar-refractivity contribution in [1.29, 1.82) is 0 Å². The molecule has 8 heteroatoms. The highest BCUT2D eigenvalue weighted by atomic mass is 35.5. The molecule has 0 unspecified atom stereocenters. The second-order valence-corrected chi connectivity index (χ2v) is 8.80. The minimum atomic E-state index is -0.519. The fourth-order valence-corrected chi connectivity index (χ4v) is 3.30. The van der Waals surface area contributed by atoms with E-state index in [-0.39, 0.29) is 49.5 Å². The molecular formula is C25H26Cl2O6. The zero-order valence-electron chi connectivity index (χ0n) is 18.5. The Bertz CT molecular complexity index is 967. The molecule has 176 valence electrons. The molecule has 0 radical (unpaired) electrons. The van der Waals surface area contributed by atoms with E-state index in [0.717, 1.165) is 0 Å². The predicted molar refractivity (Wildman–Crippen MR) is 126 cm³/mol. The van der Waals surface area contributed by atoms with Crippen LogP contribution in [0.5, 0.6) is 0 Å². The van der Waals surface area contributed by atoms with Crippen molar-refractivity contribution in [2.75, 3.05) is 13.2 Å². The summed E-state index contributed by atoms with van der Waals surface area (Å²) in [6, 6.07) is 12.6. The van der Waals surface area contributed by atoms with Crippen LogP contribution in [0.1, 0.15) is 53.8 Å². The number of esters is 2. The van der Waals surface area contributed by atoms with Gasteiger partial charge in [-0.25, -0.2) is 0 Å². The van der Waals surface area contributed by atoms with Crippen molar-refractivity contribution in [3.63, 3.8) is 0 Å². The van der Waals surface area contributed by atoms with Gasteiger partial charge in [-0.05, 0) is 66.8 Å². The molecular weight excluding hydrogens is 467 g/mol. The molecule has 0 fully saturated rings. The van der Waals surface area contributed by atoms with Crippen LogP contribution in [0.15, 0.2) is 48.5 Å². The summed E-state index contributed by atoms with van der Waals surface area (Å²) in [4.78, 5) is 48.5. The lowest BCUT2D eigenvalue weighted by Gasteiger charge is -2.19. The second kappa shape index (κ2) is 13.1. The molecule has 2 aromatic rings. The third kappa shape index (κ3) is 9.36.